The lowest BCUT2D eigenvalue weighted by atomic mass is 10.1. The molecule has 2 nitrogen and oxygen atoms in total. The van der Waals surface area contributed by atoms with E-state index in [4.69, 9.17) is 16.9 Å². The maximum Gasteiger partial charge on any atom is 0.115 e. The van der Waals surface area contributed by atoms with Crippen LogP contribution in [0.5, 0.6) is 0 Å². The molecule has 14 heavy (non-hydrogen) atoms. The molecule has 0 spiro atoms. The van der Waals surface area contributed by atoms with E-state index in [9.17, 15) is 0 Å². The number of nitrogens with zero attached hydrogens (tertiary/aromatic N) is 1. The Hall–Kier alpha value is -1.72. The topological polar surface area (TPSA) is 39.6 Å². The zero-order valence-corrected chi connectivity index (χ0v) is 8.05. The summed E-state index contributed by atoms with van der Waals surface area (Å²) in [6, 6.07) is 11.7. The van der Waals surface area contributed by atoms with E-state index in [1.807, 2.05) is 30.3 Å². The molecule has 2 rings (SSSR count). The van der Waals surface area contributed by atoms with Crippen molar-refractivity contribution in [3.63, 3.8) is 0 Å². The largest absolute Gasteiger partial charge is 0.351 e. The second kappa shape index (κ2) is 3.57. The van der Waals surface area contributed by atoms with Crippen LogP contribution in [0.2, 0.25) is 5.15 Å². The molecule has 2 aromatic rings. The van der Waals surface area contributed by atoms with Gasteiger partial charge in [0.2, 0.25) is 0 Å². The van der Waals surface area contributed by atoms with Gasteiger partial charge in [0.15, 0.2) is 0 Å². The fourth-order valence-corrected chi connectivity index (χ4v) is 1.64. The summed E-state index contributed by atoms with van der Waals surface area (Å²) in [5.74, 6) is 0. The Morgan fingerprint density at radius 2 is 1.93 bits per heavy atom. The first-order valence-electron chi connectivity index (χ1n) is 4.15. The SMILES string of the molecule is N#Cc1c[nH]c(Cl)c1-c1ccccc1. The van der Waals surface area contributed by atoms with Gasteiger partial charge in [-0.25, -0.2) is 0 Å². The zero-order valence-electron chi connectivity index (χ0n) is 7.29. The number of rotatable bonds is 1. The van der Waals surface area contributed by atoms with Crippen LogP contribution in [0.1, 0.15) is 5.56 Å². The summed E-state index contributed by atoms with van der Waals surface area (Å²) >= 11 is 5.95. The van der Waals surface area contributed by atoms with Crippen molar-refractivity contribution in [1.82, 2.24) is 4.98 Å². The standard InChI is InChI=1S/C11H7ClN2/c12-11-10(9(6-13)7-14-11)8-4-2-1-3-5-8/h1-5,7,14H. The molecule has 0 amide bonds. The number of halogens is 1. The molecule has 0 saturated carbocycles. The van der Waals surface area contributed by atoms with Crippen molar-refractivity contribution in [3.05, 3.63) is 47.2 Å². The molecule has 0 atom stereocenters. The number of hydrogen-bond acceptors (Lipinski definition) is 1. The Morgan fingerprint density at radius 1 is 1.21 bits per heavy atom. The van der Waals surface area contributed by atoms with Crippen LogP contribution in [-0.2, 0) is 0 Å². The molecule has 0 unspecified atom stereocenters. The molecule has 0 aliphatic rings. The number of aromatic amines is 1. The molecule has 3 heteroatoms. The smallest absolute Gasteiger partial charge is 0.115 e. The van der Waals surface area contributed by atoms with Gasteiger partial charge in [-0.05, 0) is 5.56 Å². The van der Waals surface area contributed by atoms with E-state index in [0.29, 0.717) is 10.7 Å². The van der Waals surface area contributed by atoms with Crippen molar-refractivity contribution in [2.24, 2.45) is 0 Å². The van der Waals surface area contributed by atoms with Crippen molar-refractivity contribution >= 4 is 11.6 Å². The maximum absolute atomic E-state index is 8.86. The summed E-state index contributed by atoms with van der Waals surface area (Å²) in [4.78, 5) is 2.83. The van der Waals surface area contributed by atoms with Crippen LogP contribution in [-0.4, -0.2) is 4.98 Å². The summed E-state index contributed by atoms with van der Waals surface area (Å²) < 4.78 is 0. The number of benzene rings is 1. The van der Waals surface area contributed by atoms with Crippen LogP contribution < -0.4 is 0 Å². The third-order valence-corrected chi connectivity index (χ3v) is 2.31. The quantitative estimate of drug-likeness (QED) is 0.758. The van der Waals surface area contributed by atoms with E-state index in [0.717, 1.165) is 11.1 Å². The van der Waals surface area contributed by atoms with Crippen LogP contribution in [0.4, 0.5) is 0 Å². The molecule has 68 valence electrons. The van der Waals surface area contributed by atoms with Crippen LogP contribution >= 0.6 is 11.6 Å². The van der Waals surface area contributed by atoms with Gasteiger partial charge in [-0.1, -0.05) is 41.9 Å². The van der Waals surface area contributed by atoms with E-state index >= 15 is 0 Å². The molecule has 1 aromatic carbocycles. The Bertz CT molecular complexity index is 480. The number of nitrogens with one attached hydrogen (secondary N) is 1. The molecule has 1 N–H and O–H groups in total. The highest BCUT2D eigenvalue weighted by Gasteiger charge is 2.10. The van der Waals surface area contributed by atoms with Crippen molar-refractivity contribution in [1.29, 1.82) is 5.26 Å². The number of hydrogen-bond donors (Lipinski definition) is 1. The van der Waals surface area contributed by atoms with Gasteiger partial charge in [0.1, 0.15) is 11.2 Å². The summed E-state index contributed by atoms with van der Waals surface area (Å²) in [6.45, 7) is 0. The lowest BCUT2D eigenvalue weighted by Crippen LogP contribution is -1.78. The maximum atomic E-state index is 8.86. The average molecular weight is 203 g/mol. The van der Waals surface area contributed by atoms with E-state index in [-0.39, 0.29) is 0 Å². The van der Waals surface area contributed by atoms with Crippen LogP contribution in [0.15, 0.2) is 36.5 Å². The van der Waals surface area contributed by atoms with E-state index in [2.05, 4.69) is 11.1 Å². The highest BCUT2D eigenvalue weighted by molar-refractivity contribution is 6.32. The summed E-state index contributed by atoms with van der Waals surface area (Å²) in [5, 5.41) is 9.37. The molecule has 0 aliphatic heterocycles. The molecular weight excluding hydrogens is 196 g/mol. The highest BCUT2D eigenvalue weighted by atomic mass is 35.5. The number of H-pyrrole nitrogens is 1. The first-order valence-corrected chi connectivity index (χ1v) is 4.53. The summed E-state index contributed by atoms with van der Waals surface area (Å²) in [6.07, 6.45) is 1.62. The minimum absolute atomic E-state index is 0.507. The van der Waals surface area contributed by atoms with Crippen molar-refractivity contribution in [2.45, 2.75) is 0 Å². The molecule has 1 aromatic heterocycles. The molecule has 0 radical (unpaired) electrons. The fourth-order valence-electron chi connectivity index (χ4n) is 1.37. The molecule has 0 bridgehead atoms. The third kappa shape index (κ3) is 1.39. The van der Waals surface area contributed by atoms with Gasteiger partial charge in [0.05, 0.1) is 5.56 Å². The third-order valence-electron chi connectivity index (χ3n) is 2.01. The predicted octanol–water partition coefficient (Wildman–Crippen LogP) is 3.21. The van der Waals surface area contributed by atoms with Gasteiger partial charge < -0.3 is 4.98 Å². The lowest BCUT2D eigenvalue weighted by Gasteiger charge is -1.98. The first-order chi connectivity index (χ1) is 6.83. The van der Waals surface area contributed by atoms with Gasteiger partial charge in [0, 0.05) is 11.8 Å². The Kier molecular flexibility index (Phi) is 2.26. The van der Waals surface area contributed by atoms with E-state index in [1.165, 1.54) is 0 Å². The summed E-state index contributed by atoms with van der Waals surface area (Å²) in [7, 11) is 0. The molecule has 1 heterocycles. The van der Waals surface area contributed by atoms with E-state index < -0.39 is 0 Å². The number of nitriles is 1. The van der Waals surface area contributed by atoms with Gasteiger partial charge in [-0.2, -0.15) is 5.26 Å². The molecule has 0 fully saturated rings. The molecular formula is C11H7ClN2. The van der Waals surface area contributed by atoms with Crippen molar-refractivity contribution in [2.75, 3.05) is 0 Å². The minimum Gasteiger partial charge on any atom is -0.351 e. The second-order valence-corrected chi connectivity index (χ2v) is 3.25. The lowest BCUT2D eigenvalue weighted by molar-refractivity contribution is 1.40. The predicted molar refractivity (Wildman–Crippen MR) is 56.0 cm³/mol. The van der Waals surface area contributed by atoms with Crippen LogP contribution in [0.3, 0.4) is 0 Å². The van der Waals surface area contributed by atoms with Crippen molar-refractivity contribution in [3.8, 4) is 17.2 Å². The van der Waals surface area contributed by atoms with Crippen LogP contribution in [0.25, 0.3) is 11.1 Å². The monoisotopic (exact) mass is 202 g/mol. The first kappa shape index (κ1) is 8.86. The Morgan fingerprint density at radius 3 is 2.57 bits per heavy atom. The fraction of sp³-hybridized carbons (Fsp3) is 0. The van der Waals surface area contributed by atoms with Gasteiger partial charge in [-0.3, -0.25) is 0 Å². The van der Waals surface area contributed by atoms with E-state index in [1.54, 1.807) is 6.20 Å². The summed E-state index contributed by atoms with van der Waals surface area (Å²) in [5.41, 5.74) is 2.30. The zero-order chi connectivity index (χ0) is 9.97. The second-order valence-electron chi connectivity index (χ2n) is 2.87. The normalized spacial score (nSPS) is 9.71. The Labute approximate surface area is 86.8 Å². The Balaban J connectivity index is 2.63. The van der Waals surface area contributed by atoms with Gasteiger partial charge >= 0.3 is 0 Å². The number of aromatic nitrogens is 1. The van der Waals surface area contributed by atoms with Crippen molar-refractivity contribution < 1.29 is 0 Å². The van der Waals surface area contributed by atoms with Crippen LogP contribution in [0, 0.1) is 11.3 Å². The molecule has 0 aliphatic carbocycles. The minimum atomic E-state index is 0.507. The molecule has 0 saturated heterocycles. The van der Waals surface area contributed by atoms with Gasteiger partial charge in [0.25, 0.3) is 0 Å². The van der Waals surface area contributed by atoms with Gasteiger partial charge in [-0.15, -0.1) is 0 Å². The highest BCUT2D eigenvalue weighted by Crippen LogP contribution is 2.30. The average Bonchev–Trinajstić information content (AvgIpc) is 2.61.